The van der Waals surface area contributed by atoms with Gasteiger partial charge in [0.2, 0.25) is 15.3 Å². The number of hydrogen-bond acceptors (Lipinski definition) is 4. The average molecular weight is 290 g/mol. The highest BCUT2D eigenvalue weighted by Gasteiger charge is 2.32. The lowest BCUT2D eigenvalue weighted by Gasteiger charge is -2.26. The maximum Gasteiger partial charge on any atom is 0.246 e. The minimum Gasteiger partial charge on any atom is -0.225 e. The van der Waals surface area contributed by atoms with Crippen molar-refractivity contribution in [2.45, 2.75) is 43.5 Å². The first kappa shape index (κ1) is 13.7. The maximum absolute atomic E-state index is 12.5. The van der Waals surface area contributed by atoms with E-state index in [1.54, 1.807) is 4.31 Å². The number of halogens is 1. The summed E-state index contributed by atoms with van der Waals surface area (Å²) in [6.45, 7) is 2.32. The van der Waals surface area contributed by atoms with E-state index in [1.807, 2.05) is 6.92 Å². The molecular formula is C11H16ClN3O2S. The van der Waals surface area contributed by atoms with Crippen LogP contribution in [-0.4, -0.2) is 35.3 Å². The summed E-state index contributed by atoms with van der Waals surface area (Å²) in [5.41, 5.74) is 0. The van der Waals surface area contributed by atoms with Crippen LogP contribution in [-0.2, 0) is 10.0 Å². The van der Waals surface area contributed by atoms with Gasteiger partial charge < -0.3 is 0 Å². The van der Waals surface area contributed by atoms with Crippen molar-refractivity contribution in [1.82, 2.24) is 14.3 Å². The van der Waals surface area contributed by atoms with Gasteiger partial charge in [-0.25, -0.2) is 18.4 Å². The number of hydrogen-bond donors (Lipinski definition) is 0. The molecule has 0 saturated heterocycles. The van der Waals surface area contributed by atoms with Crippen molar-refractivity contribution in [1.29, 1.82) is 0 Å². The topological polar surface area (TPSA) is 63.2 Å². The molecule has 0 atom stereocenters. The molecule has 1 aliphatic carbocycles. The van der Waals surface area contributed by atoms with Gasteiger partial charge in [0.15, 0.2) is 0 Å². The van der Waals surface area contributed by atoms with Gasteiger partial charge in [0.05, 0.1) is 12.4 Å². The number of sulfonamides is 1. The predicted molar refractivity (Wildman–Crippen MR) is 68.9 cm³/mol. The summed E-state index contributed by atoms with van der Waals surface area (Å²) in [5.74, 6) is 0. The molecule has 1 aromatic heterocycles. The number of rotatable bonds is 4. The van der Waals surface area contributed by atoms with Crippen molar-refractivity contribution < 1.29 is 8.42 Å². The lowest BCUT2D eigenvalue weighted by Crippen LogP contribution is -2.38. The Morgan fingerprint density at radius 1 is 1.33 bits per heavy atom. The summed E-state index contributed by atoms with van der Waals surface area (Å²) in [5, 5.41) is 0.0536. The van der Waals surface area contributed by atoms with Gasteiger partial charge in [-0.3, -0.25) is 0 Å². The lowest BCUT2D eigenvalue weighted by molar-refractivity contribution is 0.335. The summed E-state index contributed by atoms with van der Waals surface area (Å²) in [6, 6.07) is 0.107. The van der Waals surface area contributed by atoms with Crippen molar-refractivity contribution in [3.05, 3.63) is 17.7 Å². The molecule has 0 unspecified atom stereocenters. The van der Waals surface area contributed by atoms with Crippen LogP contribution in [0, 0.1) is 0 Å². The van der Waals surface area contributed by atoms with Crippen molar-refractivity contribution in [2.24, 2.45) is 0 Å². The molecule has 0 N–H and O–H groups in total. The van der Waals surface area contributed by atoms with E-state index in [0.29, 0.717) is 6.54 Å². The standard InChI is InChI=1S/C11H16ClN3O2S/c1-2-15(9-5-3-4-6-9)18(16,17)10-7-13-11(12)14-8-10/h7-9H,2-6H2,1H3. The third kappa shape index (κ3) is 2.65. The fourth-order valence-electron chi connectivity index (χ4n) is 2.39. The zero-order chi connectivity index (χ0) is 13.2. The molecule has 1 fully saturated rings. The van der Waals surface area contributed by atoms with Gasteiger partial charge in [-0.15, -0.1) is 0 Å². The minimum absolute atomic E-state index is 0.0536. The molecule has 1 saturated carbocycles. The molecule has 5 nitrogen and oxygen atoms in total. The van der Waals surface area contributed by atoms with Crippen molar-refractivity contribution in [2.75, 3.05) is 6.54 Å². The highest BCUT2D eigenvalue weighted by Crippen LogP contribution is 2.28. The van der Waals surface area contributed by atoms with Gasteiger partial charge in [-0.2, -0.15) is 4.31 Å². The van der Waals surface area contributed by atoms with Gasteiger partial charge in [-0.1, -0.05) is 19.8 Å². The van der Waals surface area contributed by atoms with Gasteiger partial charge in [0, 0.05) is 12.6 Å². The molecule has 2 rings (SSSR count). The van der Waals surface area contributed by atoms with Crippen LogP contribution in [0.5, 0.6) is 0 Å². The maximum atomic E-state index is 12.5. The van der Waals surface area contributed by atoms with Gasteiger partial charge >= 0.3 is 0 Å². The first-order chi connectivity index (χ1) is 8.55. The molecule has 0 radical (unpaired) electrons. The highest BCUT2D eigenvalue weighted by molar-refractivity contribution is 7.89. The Balaban J connectivity index is 2.30. The molecule has 0 spiro atoms. The van der Waals surface area contributed by atoms with E-state index in [0.717, 1.165) is 25.7 Å². The van der Waals surface area contributed by atoms with Crippen molar-refractivity contribution in [3.63, 3.8) is 0 Å². The Labute approximate surface area is 112 Å². The molecule has 18 heavy (non-hydrogen) atoms. The molecule has 0 bridgehead atoms. The van der Waals surface area contributed by atoms with Crippen LogP contribution in [0.2, 0.25) is 5.28 Å². The van der Waals surface area contributed by atoms with Crippen LogP contribution < -0.4 is 0 Å². The molecule has 0 aliphatic heterocycles. The Bertz CT molecular complexity index is 498. The van der Waals surface area contributed by atoms with E-state index in [1.165, 1.54) is 12.4 Å². The van der Waals surface area contributed by atoms with E-state index in [-0.39, 0.29) is 16.2 Å². The van der Waals surface area contributed by atoms with E-state index in [9.17, 15) is 8.42 Å². The molecule has 0 aromatic carbocycles. The molecule has 0 amide bonds. The summed E-state index contributed by atoms with van der Waals surface area (Å²) >= 11 is 5.57. The molecule has 7 heteroatoms. The average Bonchev–Trinajstić information content (AvgIpc) is 2.84. The third-order valence-electron chi connectivity index (χ3n) is 3.25. The second-order valence-electron chi connectivity index (χ2n) is 4.33. The van der Waals surface area contributed by atoms with Crippen LogP contribution in [0.15, 0.2) is 17.3 Å². The Morgan fingerprint density at radius 2 is 1.89 bits per heavy atom. The van der Waals surface area contributed by atoms with Crippen LogP contribution >= 0.6 is 11.6 Å². The fourth-order valence-corrected chi connectivity index (χ4v) is 4.07. The zero-order valence-corrected chi connectivity index (χ0v) is 11.8. The summed E-state index contributed by atoms with van der Waals surface area (Å²) < 4.78 is 26.5. The summed E-state index contributed by atoms with van der Waals surface area (Å²) in [4.78, 5) is 7.59. The minimum atomic E-state index is -3.50. The van der Waals surface area contributed by atoms with E-state index < -0.39 is 10.0 Å². The van der Waals surface area contributed by atoms with Gasteiger partial charge in [0.1, 0.15) is 4.90 Å². The number of nitrogens with zero attached hydrogens (tertiary/aromatic N) is 3. The quantitative estimate of drug-likeness (QED) is 0.796. The molecule has 1 heterocycles. The smallest absolute Gasteiger partial charge is 0.225 e. The van der Waals surface area contributed by atoms with Crippen LogP contribution in [0.4, 0.5) is 0 Å². The monoisotopic (exact) mass is 289 g/mol. The second kappa shape index (κ2) is 5.50. The van der Waals surface area contributed by atoms with Crippen LogP contribution in [0.1, 0.15) is 32.6 Å². The van der Waals surface area contributed by atoms with E-state index in [4.69, 9.17) is 11.6 Å². The van der Waals surface area contributed by atoms with Crippen LogP contribution in [0.25, 0.3) is 0 Å². The summed E-state index contributed by atoms with van der Waals surface area (Å²) in [7, 11) is -3.50. The molecule has 100 valence electrons. The Hall–Kier alpha value is -0.720. The van der Waals surface area contributed by atoms with Crippen LogP contribution in [0.3, 0.4) is 0 Å². The van der Waals surface area contributed by atoms with E-state index >= 15 is 0 Å². The molecule has 1 aromatic rings. The fraction of sp³-hybridized carbons (Fsp3) is 0.636. The third-order valence-corrected chi connectivity index (χ3v) is 5.42. The Kier molecular flexibility index (Phi) is 4.19. The molecular weight excluding hydrogens is 274 g/mol. The zero-order valence-electron chi connectivity index (χ0n) is 10.2. The highest BCUT2D eigenvalue weighted by atomic mass is 35.5. The first-order valence-corrected chi connectivity index (χ1v) is 7.87. The van der Waals surface area contributed by atoms with Gasteiger partial charge in [0.25, 0.3) is 0 Å². The Morgan fingerprint density at radius 3 is 2.39 bits per heavy atom. The lowest BCUT2D eigenvalue weighted by atomic mass is 10.2. The van der Waals surface area contributed by atoms with Gasteiger partial charge in [-0.05, 0) is 24.4 Å². The normalized spacial score (nSPS) is 17.5. The number of aromatic nitrogens is 2. The molecule has 1 aliphatic rings. The van der Waals surface area contributed by atoms with E-state index in [2.05, 4.69) is 9.97 Å². The largest absolute Gasteiger partial charge is 0.246 e. The van der Waals surface area contributed by atoms with Crippen molar-refractivity contribution >= 4 is 21.6 Å². The second-order valence-corrected chi connectivity index (χ2v) is 6.56. The SMILES string of the molecule is CCN(C1CCCC1)S(=O)(=O)c1cnc(Cl)nc1. The first-order valence-electron chi connectivity index (χ1n) is 6.05. The predicted octanol–water partition coefficient (Wildman–Crippen LogP) is 2.08. The van der Waals surface area contributed by atoms with Crippen molar-refractivity contribution in [3.8, 4) is 0 Å². The summed E-state index contributed by atoms with van der Waals surface area (Å²) in [6.07, 6.45) is 6.58.